The molecule has 20 heavy (non-hydrogen) atoms. The largest absolute Gasteiger partial charge is 0.546 e. The molecule has 1 heterocycles. The van der Waals surface area contributed by atoms with Gasteiger partial charge in [0.2, 0.25) is 0 Å². The van der Waals surface area contributed by atoms with Crippen LogP contribution >= 0.6 is 11.6 Å². The van der Waals surface area contributed by atoms with Gasteiger partial charge >= 0.3 is 5.63 Å². The Labute approximate surface area is 119 Å². The van der Waals surface area contributed by atoms with Crippen molar-refractivity contribution in [3.8, 4) is 5.75 Å². The quantitative estimate of drug-likeness (QED) is 0.799. The number of hydrogen-bond donors (Lipinski definition) is 0. The molecule has 0 aliphatic rings. The molecule has 2 aromatic rings. The average Bonchev–Trinajstić information content (AvgIpc) is 2.39. The smallest absolute Gasteiger partial charge is 0.336 e. The highest BCUT2D eigenvalue weighted by Gasteiger charge is 2.13. The number of halogens is 1. The van der Waals surface area contributed by atoms with Crippen LogP contribution in [0.5, 0.6) is 5.75 Å². The highest BCUT2D eigenvalue weighted by molar-refractivity contribution is 6.32. The van der Waals surface area contributed by atoms with E-state index in [4.69, 9.17) is 20.8 Å². The van der Waals surface area contributed by atoms with Gasteiger partial charge in [-0.15, -0.1) is 0 Å². The molecule has 0 spiro atoms. The molecule has 1 aromatic carbocycles. The lowest BCUT2D eigenvalue weighted by atomic mass is 10.1. The van der Waals surface area contributed by atoms with E-state index in [1.165, 1.54) is 19.1 Å². The van der Waals surface area contributed by atoms with Crippen molar-refractivity contribution >= 4 is 28.5 Å². The van der Waals surface area contributed by atoms with Crippen LogP contribution in [0.15, 0.2) is 27.4 Å². The fraction of sp³-hybridized carbons (Fsp3) is 0.286. The Morgan fingerprint density at radius 2 is 2.15 bits per heavy atom. The van der Waals surface area contributed by atoms with Crippen molar-refractivity contribution in [1.82, 2.24) is 0 Å². The van der Waals surface area contributed by atoms with Crippen LogP contribution in [0.25, 0.3) is 11.0 Å². The summed E-state index contributed by atoms with van der Waals surface area (Å²) in [6.07, 6.45) is -0.514. The van der Waals surface area contributed by atoms with Gasteiger partial charge < -0.3 is 19.1 Å². The molecular formula is C14H12ClO5-. The Morgan fingerprint density at radius 3 is 2.75 bits per heavy atom. The summed E-state index contributed by atoms with van der Waals surface area (Å²) in [4.78, 5) is 22.1. The van der Waals surface area contributed by atoms with Gasteiger partial charge in [-0.3, -0.25) is 0 Å². The molecule has 0 bridgehead atoms. The zero-order chi connectivity index (χ0) is 14.9. The van der Waals surface area contributed by atoms with Crippen molar-refractivity contribution in [3.63, 3.8) is 0 Å². The van der Waals surface area contributed by atoms with E-state index in [0.717, 1.165) is 5.56 Å². The average molecular weight is 296 g/mol. The number of fused-ring (bicyclic) bond motifs is 1. The van der Waals surface area contributed by atoms with E-state index in [-0.39, 0.29) is 10.8 Å². The van der Waals surface area contributed by atoms with Crippen molar-refractivity contribution in [3.05, 3.63) is 39.2 Å². The summed E-state index contributed by atoms with van der Waals surface area (Å²) in [7, 11) is 0. The minimum absolute atomic E-state index is 0.132. The van der Waals surface area contributed by atoms with Gasteiger partial charge in [0.05, 0.1) is 11.0 Å². The molecule has 1 aromatic heterocycles. The number of carboxylic acids is 1. The Kier molecular flexibility index (Phi) is 3.99. The molecule has 0 amide bonds. The van der Waals surface area contributed by atoms with Gasteiger partial charge in [0.25, 0.3) is 0 Å². The molecule has 0 N–H and O–H groups in total. The fourth-order valence-corrected chi connectivity index (χ4v) is 2.06. The van der Waals surface area contributed by atoms with Crippen LogP contribution in [-0.4, -0.2) is 12.1 Å². The number of carbonyl (C=O) groups excluding carboxylic acids is 1. The lowest BCUT2D eigenvalue weighted by Gasteiger charge is -2.16. The minimum Gasteiger partial charge on any atom is -0.546 e. The topological polar surface area (TPSA) is 79.6 Å². The van der Waals surface area contributed by atoms with Crippen LogP contribution in [0.3, 0.4) is 0 Å². The summed E-state index contributed by atoms with van der Waals surface area (Å²) < 4.78 is 10.3. The molecule has 6 heteroatoms. The van der Waals surface area contributed by atoms with E-state index in [9.17, 15) is 14.7 Å². The van der Waals surface area contributed by atoms with E-state index >= 15 is 0 Å². The number of aliphatic carboxylic acids is 1. The summed E-state index contributed by atoms with van der Waals surface area (Å²) in [5.74, 6) is -1.22. The van der Waals surface area contributed by atoms with E-state index in [0.29, 0.717) is 17.4 Å². The third-order valence-corrected chi connectivity index (χ3v) is 3.19. The minimum atomic E-state index is -1.36. The van der Waals surface area contributed by atoms with Crippen LogP contribution in [0.4, 0.5) is 0 Å². The molecule has 106 valence electrons. The van der Waals surface area contributed by atoms with Crippen molar-refractivity contribution in [2.75, 3.05) is 0 Å². The van der Waals surface area contributed by atoms with Crippen molar-refractivity contribution in [2.45, 2.75) is 26.4 Å². The summed E-state index contributed by atoms with van der Waals surface area (Å²) in [6.45, 7) is 3.24. The molecule has 0 saturated heterocycles. The molecule has 0 fully saturated rings. The Bertz CT molecular complexity index is 719. The fourth-order valence-electron chi connectivity index (χ4n) is 1.85. The highest BCUT2D eigenvalue weighted by atomic mass is 35.5. The van der Waals surface area contributed by atoms with Crippen LogP contribution in [0.1, 0.15) is 19.4 Å². The number of carbonyl (C=O) groups is 1. The summed E-state index contributed by atoms with van der Waals surface area (Å²) in [5, 5.41) is 11.6. The Balaban J connectivity index is 2.57. The maximum absolute atomic E-state index is 11.4. The van der Waals surface area contributed by atoms with E-state index in [1.54, 1.807) is 6.07 Å². The maximum Gasteiger partial charge on any atom is 0.336 e. The third kappa shape index (κ3) is 2.77. The summed E-state index contributed by atoms with van der Waals surface area (Å²) in [5.41, 5.74) is 0.632. The molecule has 0 aliphatic heterocycles. The molecule has 0 aliphatic carbocycles. The predicted octanol–water partition coefficient (Wildman–Crippen LogP) is 1.53. The molecule has 0 radical (unpaired) electrons. The van der Waals surface area contributed by atoms with Crippen LogP contribution < -0.4 is 15.5 Å². The van der Waals surface area contributed by atoms with Gasteiger partial charge in [0.15, 0.2) is 0 Å². The molecule has 1 atom stereocenters. The summed E-state index contributed by atoms with van der Waals surface area (Å²) >= 11 is 6.06. The second kappa shape index (κ2) is 5.54. The first-order chi connectivity index (χ1) is 9.42. The van der Waals surface area contributed by atoms with Gasteiger partial charge in [-0.05, 0) is 25.0 Å². The van der Waals surface area contributed by atoms with Crippen LogP contribution in [0.2, 0.25) is 5.02 Å². The predicted molar refractivity (Wildman–Crippen MR) is 72.0 cm³/mol. The van der Waals surface area contributed by atoms with Gasteiger partial charge in [0.1, 0.15) is 17.4 Å². The molecule has 0 saturated carbocycles. The third-order valence-electron chi connectivity index (χ3n) is 2.90. The first-order valence-electron chi connectivity index (χ1n) is 6.06. The van der Waals surface area contributed by atoms with Gasteiger partial charge in [0, 0.05) is 17.5 Å². The number of rotatable bonds is 4. The number of carboxylic acid groups (broad SMARTS) is 1. The normalized spacial score (nSPS) is 12.3. The number of aryl methyl sites for hydroxylation is 1. The molecular weight excluding hydrogens is 284 g/mol. The molecule has 0 unspecified atom stereocenters. The van der Waals surface area contributed by atoms with Crippen molar-refractivity contribution in [1.29, 1.82) is 0 Å². The second-order valence-electron chi connectivity index (χ2n) is 4.30. The Morgan fingerprint density at radius 1 is 1.45 bits per heavy atom. The number of ether oxygens (including phenoxy) is 1. The molecule has 5 nitrogen and oxygen atoms in total. The zero-order valence-corrected chi connectivity index (χ0v) is 11.7. The second-order valence-corrected chi connectivity index (χ2v) is 4.71. The first kappa shape index (κ1) is 14.4. The van der Waals surface area contributed by atoms with Crippen molar-refractivity contribution < 1.29 is 19.1 Å². The SMILES string of the molecule is CCc1cc(=O)oc2cc(O[C@H](C)C(=O)[O-])c(Cl)cc12. The van der Waals surface area contributed by atoms with Crippen LogP contribution in [0, 0.1) is 0 Å². The first-order valence-corrected chi connectivity index (χ1v) is 6.44. The number of benzene rings is 1. The zero-order valence-electron chi connectivity index (χ0n) is 10.9. The Hall–Kier alpha value is -2.01. The van der Waals surface area contributed by atoms with Gasteiger partial charge in [-0.25, -0.2) is 4.79 Å². The summed E-state index contributed by atoms with van der Waals surface area (Å²) in [6, 6.07) is 4.41. The van der Waals surface area contributed by atoms with Gasteiger partial charge in [-0.2, -0.15) is 0 Å². The van der Waals surface area contributed by atoms with Gasteiger partial charge in [-0.1, -0.05) is 18.5 Å². The monoisotopic (exact) mass is 295 g/mol. The maximum atomic E-state index is 11.4. The van der Waals surface area contributed by atoms with Crippen LogP contribution in [-0.2, 0) is 11.2 Å². The lowest BCUT2D eigenvalue weighted by molar-refractivity contribution is -0.312. The van der Waals surface area contributed by atoms with E-state index < -0.39 is 17.7 Å². The van der Waals surface area contributed by atoms with Crippen molar-refractivity contribution in [2.24, 2.45) is 0 Å². The van der Waals surface area contributed by atoms with E-state index in [2.05, 4.69) is 0 Å². The highest BCUT2D eigenvalue weighted by Crippen LogP contribution is 2.31. The number of hydrogen-bond acceptors (Lipinski definition) is 5. The lowest BCUT2D eigenvalue weighted by Crippen LogP contribution is -2.37. The molecule has 2 rings (SSSR count). The standard InChI is InChI=1S/C14H13ClO5/c1-3-8-4-13(16)20-11-6-12(10(15)5-9(8)11)19-7(2)14(17)18/h4-7H,3H2,1-2H3,(H,17,18)/p-1/t7-/m1/s1. The van der Waals surface area contributed by atoms with E-state index in [1.807, 2.05) is 6.92 Å².